The van der Waals surface area contributed by atoms with Crippen LogP contribution in [-0.4, -0.2) is 17.5 Å². The summed E-state index contributed by atoms with van der Waals surface area (Å²) in [6.07, 6.45) is -1.11. The van der Waals surface area contributed by atoms with E-state index in [9.17, 15) is 17.6 Å². The van der Waals surface area contributed by atoms with E-state index in [1.165, 1.54) is 0 Å². The lowest BCUT2D eigenvalue weighted by Gasteiger charge is -2.31. The SMILES string of the molecule is CCCC1CC2(F)CCC(c3cc(F)c(F)c(F)c3)C(F)CC2(F)C1. The molecule has 0 N–H and O–H groups in total. The molecule has 0 radical (unpaired) electrons. The Kier molecular flexibility index (Phi) is 4.84. The van der Waals surface area contributed by atoms with Crippen molar-refractivity contribution in [1.29, 1.82) is 0 Å². The van der Waals surface area contributed by atoms with Crippen LogP contribution in [0.25, 0.3) is 0 Å². The molecule has 140 valence electrons. The first-order valence-corrected chi connectivity index (χ1v) is 8.85. The first kappa shape index (κ1) is 18.6. The molecule has 0 aliphatic heterocycles. The monoisotopic (exact) mass is 364 g/mol. The Morgan fingerprint density at radius 1 is 1.00 bits per heavy atom. The summed E-state index contributed by atoms with van der Waals surface area (Å²) in [5, 5.41) is 0. The third kappa shape index (κ3) is 3.17. The summed E-state index contributed by atoms with van der Waals surface area (Å²) < 4.78 is 85.4. The van der Waals surface area contributed by atoms with Gasteiger partial charge in [-0.3, -0.25) is 0 Å². The van der Waals surface area contributed by atoms with Crippen molar-refractivity contribution < 1.29 is 26.3 Å². The molecule has 5 atom stereocenters. The van der Waals surface area contributed by atoms with Crippen molar-refractivity contribution in [2.24, 2.45) is 5.92 Å². The number of rotatable bonds is 3. The van der Waals surface area contributed by atoms with Crippen molar-refractivity contribution in [3.8, 4) is 0 Å². The van der Waals surface area contributed by atoms with Crippen LogP contribution in [0.4, 0.5) is 26.3 Å². The van der Waals surface area contributed by atoms with Crippen LogP contribution in [0.2, 0.25) is 0 Å². The van der Waals surface area contributed by atoms with Crippen molar-refractivity contribution in [2.45, 2.75) is 75.3 Å². The summed E-state index contributed by atoms with van der Waals surface area (Å²) in [5.41, 5.74) is -4.44. The molecule has 0 amide bonds. The van der Waals surface area contributed by atoms with Crippen molar-refractivity contribution in [2.75, 3.05) is 0 Å². The topological polar surface area (TPSA) is 0 Å². The highest BCUT2D eigenvalue weighted by Gasteiger charge is 2.62. The first-order valence-electron chi connectivity index (χ1n) is 8.85. The zero-order valence-corrected chi connectivity index (χ0v) is 14.1. The van der Waals surface area contributed by atoms with Gasteiger partial charge in [0.25, 0.3) is 0 Å². The van der Waals surface area contributed by atoms with E-state index in [4.69, 9.17) is 0 Å². The Morgan fingerprint density at radius 3 is 2.20 bits per heavy atom. The first-order chi connectivity index (χ1) is 11.7. The standard InChI is InChI=1S/C19H22F6/c1-2-3-11-8-18(24)5-4-13(16(22)10-19(18,25)9-11)12-6-14(20)17(23)15(21)7-12/h6-7,11,13,16H,2-5,8-10H2,1H3. The Hall–Kier alpha value is -1.20. The summed E-state index contributed by atoms with van der Waals surface area (Å²) in [4.78, 5) is 0. The molecule has 1 aromatic carbocycles. The molecule has 0 bridgehead atoms. The van der Waals surface area contributed by atoms with E-state index in [2.05, 4.69) is 0 Å². The minimum Gasteiger partial charge on any atom is -0.247 e. The number of alkyl halides is 3. The lowest BCUT2D eigenvalue weighted by molar-refractivity contribution is -0.0287. The molecule has 0 spiro atoms. The Labute approximate surface area is 143 Å². The Morgan fingerprint density at radius 2 is 1.60 bits per heavy atom. The number of fused-ring (bicyclic) bond motifs is 1. The maximum absolute atomic E-state index is 15.3. The predicted molar refractivity (Wildman–Crippen MR) is 83.1 cm³/mol. The highest BCUT2D eigenvalue weighted by atomic mass is 19.2. The van der Waals surface area contributed by atoms with E-state index in [0.717, 1.165) is 18.6 Å². The third-order valence-electron chi connectivity index (χ3n) is 5.97. The van der Waals surface area contributed by atoms with Gasteiger partial charge in [-0.25, -0.2) is 26.3 Å². The quantitative estimate of drug-likeness (QED) is 0.434. The second-order valence-electron chi connectivity index (χ2n) is 7.66. The van der Waals surface area contributed by atoms with E-state index in [0.29, 0.717) is 6.42 Å². The molecule has 0 nitrogen and oxygen atoms in total. The fourth-order valence-corrected chi connectivity index (χ4v) is 4.74. The van der Waals surface area contributed by atoms with Crippen molar-refractivity contribution in [3.63, 3.8) is 0 Å². The molecule has 2 fully saturated rings. The van der Waals surface area contributed by atoms with Crippen LogP contribution in [0.5, 0.6) is 0 Å². The maximum Gasteiger partial charge on any atom is 0.194 e. The molecule has 2 aliphatic carbocycles. The second kappa shape index (κ2) is 6.51. The van der Waals surface area contributed by atoms with Crippen LogP contribution in [0.15, 0.2) is 12.1 Å². The Balaban J connectivity index is 1.87. The van der Waals surface area contributed by atoms with Gasteiger partial charge in [0, 0.05) is 12.3 Å². The van der Waals surface area contributed by atoms with Crippen molar-refractivity contribution in [3.05, 3.63) is 35.1 Å². The molecule has 5 unspecified atom stereocenters. The minimum absolute atomic E-state index is 0.0172. The average Bonchev–Trinajstić information content (AvgIpc) is 2.70. The maximum atomic E-state index is 15.3. The van der Waals surface area contributed by atoms with E-state index >= 15 is 8.78 Å². The van der Waals surface area contributed by atoms with Gasteiger partial charge in [-0.1, -0.05) is 19.8 Å². The predicted octanol–water partition coefficient (Wildman–Crippen LogP) is 6.34. The average molecular weight is 364 g/mol. The van der Waals surface area contributed by atoms with E-state index in [1.54, 1.807) is 0 Å². The molecular weight excluding hydrogens is 342 g/mol. The van der Waals surface area contributed by atoms with Gasteiger partial charge in [-0.05, 0) is 49.3 Å². The molecule has 0 saturated heterocycles. The van der Waals surface area contributed by atoms with Crippen LogP contribution in [0.1, 0.15) is 63.4 Å². The summed E-state index contributed by atoms with van der Waals surface area (Å²) in [5.74, 6) is -5.61. The van der Waals surface area contributed by atoms with Gasteiger partial charge in [0.15, 0.2) is 17.5 Å². The minimum atomic E-state index is -2.25. The molecular formula is C19H22F6. The van der Waals surface area contributed by atoms with Crippen LogP contribution in [0, 0.1) is 23.4 Å². The van der Waals surface area contributed by atoms with Gasteiger partial charge < -0.3 is 0 Å². The van der Waals surface area contributed by atoms with E-state index in [-0.39, 0.29) is 37.2 Å². The van der Waals surface area contributed by atoms with Crippen LogP contribution >= 0.6 is 0 Å². The number of benzene rings is 1. The molecule has 3 rings (SSSR count). The molecule has 25 heavy (non-hydrogen) atoms. The fraction of sp³-hybridized carbons (Fsp3) is 0.684. The smallest absolute Gasteiger partial charge is 0.194 e. The Bertz CT molecular complexity index is 624. The van der Waals surface area contributed by atoms with Crippen LogP contribution in [0.3, 0.4) is 0 Å². The van der Waals surface area contributed by atoms with Gasteiger partial charge in [-0.2, -0.15) is 0 Å². The summed E-state index contributed by atoms with van der Waals surface area (Å²) in [6, 6.07) is 1.46. The summed E-state index contributed by atoms with van der Waals surface area (Å²) in [7, 11) is 0. The van der Waals surface area contributed by atoms with Crippen LogP contribution in [-0.2, 0) is 0 Å². The number of halogens is 6. The normalized spacial score (nSPS) is 38.4. The summed E-state index contributed by atoms with van der Waals surface area (Å²) in [6.45, 7) is 1.94. The zero-order valence-electron chi connectivity index (χ0n) is 14.1. The highest BCUT2D eigenvalue weighted by molar-refractivity contribution is 5.26. The largest absolute Gasteiger partial charge is 0.247 e. The lowest BCUT2D eigenvalue weighted by Crippen LogP contribution is -2.42. The highest BCUT2D eigenvalue weighted by Crippen LogP contribution is 2.58. The number of hydrogen-bond acceptors (Lipinski definition) is 0. The summed E-state index contributed by atoms with van der Waals surface area (Å²) >= 11 is 0. The van der Waals surface area contributed by atoms with Gasteiger partial charge in [0.05, 0.1) is 0 Å². The molecule has 0 heterocycles. The van der Waals surface area contributed by atoms with Crippen LogP contribution < -0.4 is 0 Å². The van der Waals surface area contributed by atoms with Gasteiger partial charge >= 0.3 is 0 Å². The third-order valence-corrected chi connectivity index (χ3v) is 5.97. The van der Waals surface area contributed by atoms with Gasteiger partial charge in [-0.15, -0.1) is 0 Å². The lowest BCUT2D eigenvalue weighted by atomic mass is 9.85. The van der Waals surface area contributed by atoms with Crippen molar-refractivity contribution >= 4 is 0 Å². The molecule has 1 aromatic rings. The van der Waals surface area contributed by atoms with E-state index < -0.39 is 47.3 Å². The number of hydrogen-bond donors (Lipinski definition) is 0. The van der Waals surface area contributed by atoms with Crippen molar-refractivity contribution in [1.82, 2.24) is 0 Å². The molecule has 0 aromatic heterocycles. The molecule has 2 saturated carbocycles. The fourth-order valence-electron chi connectivity index (χ4n) is 4.74. The zero-order chi connectivity index (χ0) is 18.4. The molecule has 2 aliphatic rings. The second-order valence-corrected chi connectivity index (χ2v) is 7.66. The molecule has 6 heteroatoms. The van der Waals surface area contributed by atoms with Gasteiger partial charge in [0.2, 0.25) is 0 Å². The van der Waals surface area contributed by atoms with Gasteiger partial charge in [0.1, 0.15) is 17.5 Å². The van der Waals surface area contributed by atoms with E-state index in [1.807, 2.05) is 6.92 Å².